The number of carbonyl (C=O) groups excluding carboxylic acids is 3. The van der Waals surface area contributed by atoms with Crippen LogP contribution in [-0.4, -0.2) is 45.0 Å². The molecule has 32 heavy (non-hydrogen) atoms. The molecule has 2 rings (SSSR count). The Morgan fingerprint density at radius 1 is 1.22 bits per heavy atom. The number of benzene rings is 1. The van der Waals surface area contributed by atoms with Crippen molar-refractivity contribution in [1.29, 1.82) is 5.41 Å². The van der Waals surface area contributed by atoms with Crippen LogP contribution in [0.1, 0.15) is 12.0 Å². The fourth-order valence-electron chi connectivity index (χ4n) is 2.51. The van der Waals surface area contributed by atoms with Gasteiger partial charge >= 0.3 is 23.8 Å². The lowest BCUT2D eigenvalue weighted by Crippen LogP contribution is -2.40. The Balaban J connectivity index is 2.01. The van der Waals surface area contributed by atoms with Crippen LogP contribution in [0.5, 0.6) is 0 Å². The van der Waals surface area contributed by atoms with E-state index in [1.165, 1.54) is 17.0 Å². The van der Waals surface area contributed by atoms with Crippen LogP contribution in [0.15, 0.2) is 54.1 Å². The highest BCUT2D eigenvalue weighted by molar-refractivity contribution is 5.95. The maximum Gasteiger partial charge on any atom is 0.491 e. The van der Waals surface area contributed by atoms with Gasteiger partial charge in [0.15, 0.2) is 0 Å². The van der Waals surface area contributed by atoms with E-state index in [4.69, 9.17) is 11.1 Å². The molecule has 4 N–H and O–H groups in total. The van der Waals surface area contributed by atoms with Gasteiger partial charge in [0.1, 0.15) is 12.4 Å². The van der Waals surface area contributed by atoms with Gasteiger partial charge in [0.25, 0.3) is 0 Å². The van der Waals surface area contributed by atoms with Crippen molar-refractivity contribution in [2.45, 2.75) is 25.2 Å². The highest BCUT2D eigenvalue weighted by Crippen LogP contribution is 2.17. The minimum atomic E-state index is -5.33. The fraction of sp³-hybridized carbons (Fsp3) is 0.211. The van der Waals surface area contributed by atoms with Crippen molar-refractivity contribution in [3.63, 3.8) is 0 Å². The molecule has 1 aromatic carbocycles. The summed E-state index contributed by atoms with van der Waals surface area (Å²) in [7, 11) is 0. The average molecular weight is 453 g/mol. The van der Waals surface area contributed by atoms with Crippen molar-refractivity contribution >= 4 is 23.7 Å². The zero-order valence-corrected chi connectivity index (χ0v) is 16.4. The number of aromatic nitrogens is 2. The summed E-state index contributed by atoms with van der Waals surface area (Å²) in [5, 5.41) is 9.66. The summed E-state index contributed by atoms with van der Waals surface area (Å²) < 4.78 is 42.4. The Labute approximate surface area is 178 Å². The first kappa shape index (κ1) is 24.1. The number of nitrogens with two attached hydrogens (primary N) is 1. The number of nitrogens with one attached hydrogen (secondary N) is 2. The third-order valence-electron chi connectivity index (χ3n) is 4.07. The number of hydrogen-bond acceptors (Lipinski definition) is 6. The summed E-state index contributed by atoms with van der Waals surface area (Å²) in [6.45, 7) is 2.90. The molecule has 1 atom stereocenters. The van der Waals surface area contributed by atoms with Crippen molar-refractivity contribution in [3.05, 3.63) is 65.4 Å². The van der Waals surface area contributed by atoms with E-state index in [9.17, 15) is 32.3 Å². The highest BCUT2D eigenvalue weighted by atomic mass is 19.4. The number of ether oxygens (including phenoxy) is 1. The van der Waals surface area contributed by atoms with Crippen molar-refractivity contribution in [2.24, 2.45) is 5.73 Å². The van der Waals surface area contributed by atoms with Crippen molar-refractivity contribution in [2.75, 3.05) is 0 Å². The first-order valence-corrected chi connectivity index (χ1v) is 8.88. The summed E-state index contributed by atoms with van der Waals surface area (Å²) in [4.78, 5) is 46.9. The molecule has 0 aliphatic heterocycles. The summed E-state index contributed by atoms with van der Waals surface area (Å²) in [5.41, 5.74) is 5.73. The van der Waals surface area contributed by atoms with Crippen LogP contribution < -0.4 is 16.7 Å². The van der Waals surface area contributed by atoms with Gasteiger partial charge in [-0.15, -0.1) is 6.58 Å². The molecular weight excluding hydrogens is 435 g/mol. The van der Waals surface area contributed by atoms with Crippen LogP contribution in [0.25, 0.3) is 5.69 Å². The third kappa shape index (κ3) is 6.17. The topological polar surface area (TPSA) is 149 Å². The molecule has 13 heteroatoms. The predicted octanol–water partition coefficient (Wildman–Crippen LogP) is 0.616. The van der Waals surface area contributed by atoms with Crippen LogP contribution in [0.3, 0.4) is 0 Å². The zero-order chi connectivity index (χ0) is 24.1. The lowest BCUT2D eigenvalue weighted by molar-refractivity contribution is -0.201. The first-order chi connectivity index (χ1) is 14.9. The number of esters is 2. The van der Waals surface area contributed by atoms with Gasteiger partial charge in [-0.25, -0.2) is 9.59 Å². The van der Waals surface area contributed by atoms with E-state index in [1.807, 2.05) is 0 Å². The van der Waals surface area contributed by atoms with E-state index in [-0.39, 0.29) is 5.84 Å². The second-order valence-electron chi connectivity index (χ2n) is 6.41. The Kier molecular flexibility index (Phi) is 7.36. The van der Waals surface area contributed by atoms with Crippen molar-refractivity contribution < 1.29 is 32.3 Å². The second-order valence-corrected chi connectivity index (χ2v) is 6.41. The first-order valence-electron chi connectivity index (χ1n) is 8.88. The van der Waals surface area contributed by atoms with Crippen molar-refractivity contribution in [1.82, 2.24) is 14.5 Å². The quantitative estimate of drug-likeness (QED) is 0.175. The Morgan fingerprint density at radius 2 is 1.84 bits per heavy atom. The van der Waals surface area contributed by atoms with Gasteiger partial charge in [-0.2, -0.15) is 13.2 Å². The normalized spacial score (nSPS) is 12.0. The molecule has 1 heterocycles. The summed E-state index contributed by atoms with van der Waals surface area (Å²) in [6.07, 6.45) is -2.29. The minimum Gasteiger partial charge on any atom is -0.386 e. The molecule has 0 unspecified atom stereocenters. The lowest BCUT2D eigenvalue weighted by atomic mass is 10.2. The molecule has 0 radical (unpaired) electrons. The smallest absolute Gasteiger partial charge is 0.386 e. The largest absolute Gasteiger partial charge is 0.491 e. The number of nitrogen functional groups attached to an aromatic ring is 1. The highest BCUT2D eigenvalue weighted by Gasteiger charge is 2.42. The zero-order valence-electron chi connectivity index (χ0n) is 16.4. The number of hydrogen-bond donors (Lipinski definition) is 3. The molecular formula is C19H18F3N5O5. The average Bonchev–Trinajstić information content (AvgIpc) is 3.06. The molecule has 170 valence electrons. The van der Waals surface area contributed by atoms with Crippen LogP contribution >= 0.6 is 0 Å². The van der Waals surface area contributed by atoms with E-state index >= 15 is 0 Å². The molecule has 0 saturated heterocycles. The molecule has 0 saturated carbocycles. The molecule has 10 nitrogen and oxygen atoms in total. The molecule has 0 aliphatic carbocycles. The number of amidine groups is 1. The maximum atomic E-state index is 12.5. The third-order valence-corrected chi connectivity index (χ3v) is 4.07. The van der Waals surface area contributed by atoms with E-state index in [0.717, 1.165) is 10.6 Å². The number of alkyl halides is 3. The summed E-state index contributed by atoms with van der Waals surface area (Å²) in [6, 6.07) is 5.08. The fourth-order valence-corrected chi connectivity index (χ4v) is 2.51. The van der Waals surface area contributed by atoms with E-state index in [2.05, 4.69) is 16.6 Å². The summed E-state index contributed by atoms with van der Waals surface area (Å²) >= 11 is 0. The number of rotatable bonds is 8. The number of amides is 1. The van der Waals surface area contributed by atoms with Crippen molar-refractivity contribution in [3.8, 4) is 5.69 Å². The molecule has 0 fully saturated rings. The van der Waals surface area contributed by atoms with Gasteiger partial charge in [0.05, 0.1) is 18.2 Å². The van der Waals surface area contributed by atoms with E-state index in [1.54, 1.807) is 24.3 Å². The van der Waals surface area contributed by atoms with Crippen LogP contribution in [-0.2, 0) is 25.7 Å². The monoisotopic (exact) mass is 453 g/mol. The van der Waals surface area contributed by atoms with Gasteiger partial charge in [0.2, 0.25) is 5.91 Å². The number of carbonyl (C=O) groups is 3. The lowest BCUT2D eigenvalue weighted by Gasteiger charge is -2.14. The Bertz CT molecular complexity index is 1100. The molecule has 1 aromatic heterocycles. The standard InChI is InChI=1S/C19H18F3N5O5/c1-2-12(9-15(29)32-17(30)19(20,21)22)25-14(28)10-26-7-8-27(18(26)31)13-5-3-11(4-6-13)16(23)24/h2-8,12H,1,9-10H2,(H3,23,24)(H,25,28)/t12-/m1/s1. The Hall–Kier alpha value is -4.16. The van der Waals surface area contributed by atoms with Crippen LogP contribution in [0, 0.1) is 5.41 Å². The van der Waals surface area contributed by atoms with Crippen LogP contribution in [0.2, 0.25) is 0 Å². The predicted molar refractivity (Wildman–Crippen MR) is 105 cm³/mol. The van der Waals surface area contributed by atoms with Gasteiger partial charge in [0, 0.05) is 18.0 Å². The number of imidazole rings is 1. The van der Waals surface area contributed by atoms with Gasteiger partial charge in [-0.1, -0.05) is 6.08 Å². The Morgan fingerprint density at radius 3 is 2.38 bits per heavy atom. The second kappa shape index (κ2) is 9.76. The molecule has 0 aliphatic rings. The maximum absolute atomic E-state index is 12.5. The molecule has 2 aromatic rings. The van der Waals surface area contributed by atoms with E-state index < -0.39 is 48.7 Å². The molecule has 1 amide bonds. The van der Waals surface area contributed by atoms with Crippen LogP contribution in [0.4, 0.5) is 13.2 Å². The molecule has 0 bridgehead atoms. The number of nitrogens with zero attached hydrogens (tertiary/aromatic N) is 2. The van der Waals surface area contributed by atoms with E-state index in [0.29, 0.717) is 11.3 Å². The van der Waals surface area contributed by atoms with Gasteiger partial charge in [-0.3, -0.25) is 24.1 Å². The summed E-state index contributed by atoms with van der Waals surface area (Å²) in [5.74, 6) is -5.05. The van der Waals surface area contributed by atoms with Gasteiger partial charge in [-0.05, 0) is 24.3 Å². The minimum absolute atomic E-state index is 0.137. The van der Waals surface area contributed by atoms with Gasteiger partial charge < -0.3 is 15.8 Å². The molecule has 0 spiro atoms. The number of halogens is 3. The SMILES string of the molecule is C=C[C@H](CC(=O)OC(=O)C(F)(F)F)NC(=O)Cn1ccn(-c2ccc(C(=N)N)cc2)c1=O.